The summed E-state index contributed by atoms with van der Waals surface area (Å²) in [6.07, 6.45) is 5.25. The Balaban J connectivity index is 0.000000173. The number of carboxylic acids is 1. The number of rotatable bonds is 27. The molecule has 0 radical (unpaired) electrons. The molecule has 124 heavy (non-hydrogen) atoms. The number of alkyl carbamates (subject to hydrolysis) is 2. The number of carboxylic acid groups (broad SMARTS) is 1. The Bertz CT molecular complexity index is 5470. The number of nitrogens with zero attached hydrogens (tertiary/aromatic N) is 7. The van der Waals surface area contributed by atoms with E-state index in [4.69, 9.17) is 60.8 Å². The van der Waals surface area contributed by atoms with Crippen molar-refractivity contribution < 1.29 is 84.5 Å². The lowest BCUT2D eigenvalue weighted by Gasteiger charge is -2.35. The molecule has 0 spiro atoms. The number of aliphatic carboxylic acids is 1. The van der Waals surface area contributed by atoms with Crippen LogP contribution in [0.3, 0.4) is 0 Å². The Hall–Kier alpha value is -9.79. The summed E-state index contributed by atoms with van der Waals surface area (Å²) >= 11 is 19.1. The first-order chi connectivity index (χ1) is 58.6. The SMILES string of the molecule is C=C[C@@H]1C[C@]1(NC(=O)[C@@H]1C[C@@H](Oc2cc(-c3nnc(NC(C)C)s3)nc3c(Cl)c(OC)ccc23)CN1C(=O)[C@@H](NC(=O)OC1C[C@@H]2C[C@@H]2C1)C(C)(C)C)C(=O)O.C=C[C@@H]1C[C@]1(NC(=O)[C@@H]1C[C@H](OS(=O)(=O)c2ccc(Br)cc2)CN1C(=O)[C@@H](NC(=O)OC1C[C@@H]2C[C@@H]2C1)C(C)(C)C)C(=O)OC.COc1ccc2c(=O)cc(-c3nnc(NC(C)C)s3)[nH]c2c1Cl. The normalized spacial score (nSPS) is 25.5. The summed E-state index contributed by atoms with van der Waals surface area (Å²) in [5, 5.41) is 48.4. The number of carbonyl (C=O) groups is 8. The first-order valence-electron chi connectivity index (χ1n) is 41.0. The van der Waals surface area contributed by atoms with Crippen molar-refractivity contribution in [2.24, 2.45) is 46.3 Å². The monoisotopic (exact) mass is 1870 g/mol. The van der Waals surface area contributed by atoms with E-state index >= 15 is 0 Å². The lowest BCUT2D eigenvalue weighted by molar-refractivity contribution is -0.148. The number of esters is 1. The zero-order valence-corrected chi connectivity index (χ0v) is 76.4. The van der Waals surface area contributed by atoms with Gasteiger partial charge in [0.05, 0.1) is 55.6 Å². The molecule has 8 N–H and O–H groups in total. The van der Waals surface area contributed by atoms with Crippen LogP contribution in [-0.2, 0) is 57.3 Å². The molecule has 3 aromatic carbocycles. The van der Waals surface area contributed by atoms with Gasteiger partial charge in [0.2, 0.25) is 33.9 Å². The quantitative estimate of drug-likeness (QED) is 0.0103. The molecule has 6 heterocycles. The van der Waals surface area contributed by atoms with Crippen molar-refractivity contribution in [3.8, 4) is 38.7 Å². The molecular weight excluding hydrogens is 1770 g/mol. The van der Waals surface area contributed by atoms with Crippen molar-refractivity contribution >= 4 is 152 Å². The molecule has 39 heteroatoms. The molecule has 15 rings (SSSR count). The smallest absolute Gasteiger partial charge is 0.408 e. The number of carbonyl (C=O) groups excluding carboxylic acids is 7. The molecule has 2 aliphatic heterocycles. The molecule has 8 fully saturated rings. The van der Waals surface area contributed by atoms with E-state index < -0.39 is 122 Å². The zero-order valence-electron chi connectivity index (χ0n) is 70.9. The fourth-order valence-electron chi connectivity index (χ4n) is 16.7. The Morgan fingerprint density at radius 1 is 0.621 bits per heavy atom. The number of hydrogen-bond acceptors (Lipinski definition) is 27. The molecule has 4 aromatic heterocycles. The fourth-order valence-corrected chi connectivity index (χ4v) is 20.3. The van der Waals surface area contributed by atoms with E-state index in [0.717, 1.165) is 32.1 Å². The largest absolute Gasteiger partial charge is 0.495 e. The Kier molecular flexibility index (Phi) is 27.2. The number of fused-ring (bicyclic) bond motifs is 4. The van der Waals surface area contributed by atoms with Gasteiger partial charge in [-0.25, -0.2) is 24.2 Å². The number of benzene rings is 3. The van der Waals surface area contributed by atoms with Crippen LogP contribution in [-0.4, -0.2) is 208 Å². The van der Waals surface area contributed by atoms with Gasteiger partial charge in [-0.1, -0.05) is 115 Å². The highest BCUT2D eigenvalue weighted by Crippen LogP contribution is 2.54. The number of aromatic amines is 1. The number of H-pyrrole nitrogens is 1. The second-order valence-corrected chi connectivity index (χ2v) is 40.7. The van der Waals surface area contributed by atoms with Crippen LogP contribution in [0.4, 0.5) is 19.9 Å². The van der Waals surface area contributed by atoms with Crippen LogP contribution in [0.1, 0.15) is 133 Å². The maximum Gasteiger partial charge on any atom is 0.408 e. The number of halogens is 3. The minimum absolute atomic E-state index is 0.0164. The number of nitrogens with one attached hydrogen (secondary N) is 7. The Labute approximate surface area is 743 Å². The maximum atomic E-state index is 14.6. The van der Waals surface area contributed by atoms with Gasteiger partial charge in [-0.05, 0) is 162 Å². The highest BCUT2D eigenvalue weighted by atomic mass is 79.9. The average molecular weight is 1870 g/mol. The number of aromatic nitrogens is 6. The summed E-state index contributed by atoms with van der Waals surface area (Å²) in [4.78, 5) is 131. The standard InChI is InChI=1S/C39H48ClN7O8S.C31H40BrN3O9S.C15H15ClN4O2S/c1-8-21-16-39(21,35(50)51)44-32(48)26-14-23(17-47(26)34(49)31(38(4,5)6)43-37(52)55-22-12-19-11-20(19)13-22)54-28-15-25(33-45-46-36(56-33)41-18(2)3)42-30-24(28)9-10-27(53-7)29(30)40;1-6-19-15-31(19,28(38)42-5)34-26(36)24-14-22(44-45(40,41)23-9-7-20(32)8-10-23)16-35(24)27(37)25(30(2,3)4)33-29(39)43-21-12-17-11-18(17)13-21;1-7(2)17-15-20-19-14(23-15)9-6-10(21)8-4-5-11(22-3)12(16)13(8)18-9/h8-10,15,18-23,26,31H,1,11-14,16-17H2,2-7H3,(H,41,46)(H,43,52)(H,44,48)(H,50,51);6-10,17-19,21-22,24-25H,1,11-16H2,2-5H3,(H,33,39)(H,34,36);4-7H,1-3H3,(H,17,20)(H,18,21)/t19-,20+,21-,22?,23-,26+,31-,39-;17-,18+,19-,21?,22+,24+,25-,31-;/m11./s1. The van der Waals surface area contributed by atoms with Gasteiger partial charge in [-0.2, -0.15) is 8.42 Å². The summed E-state index contributed by atoms with van der Waals surface area (Å²) in [5.41, 5.74) is -2.68. The highest BCUT2D eigenvalue weighted by Gasteiger charge is 2.63. The molecular formula is C85H103BrCl2N14O19S3. The van der Waals surface area contributed by atoms with Gasteiger partial charge in [0.15, 0.2) is 15.4 Å². The van der Waals surface area contributed by atoms with Crippen molar-refractivity contribution in [2.45, 2.75) is 210 Å². The second kappa shape index (κ2) is 36.7. The van der Waals surface area contributed by atoms with E-state index in [9.17, 15) is 56.7 Å². The van der Waals surface area contributed by atoms with Crippen molar-refractivity contribution in [2.75, 3.05) is 45.1 Å². The molecule has 6 saturated carbocycles. The minimum Gasteiger partial charge on any atom is -0.495 e. The lowest BCUT2D eigenvalue weighted by Crippen LogP contribution is -2.59. The lowest BCUT2D eigenvalue weighted by atomic mass is 9.85. The summed E-state index contributed by atoms with van der Waals surface area (Å²) in [5.74, 6) is -1.48. The first-order valence-corrected chi connectivity index (χ1v) is 45.6. The van der Waals surface area contributed by atoms with Gasteiger partial charge in [0.25, 0.3) is 10.1 Å². The fraction of sp³-hybridized carbons (Fsp3) is 0.529. The summed E-state index contributed by atoms with van der Waals surface area (Å²) in [6, 6.07) is 11.7. The molecule has 2 unspecified atom stereocenters. The molecule has 7 aromatic rings. The molecule has 16 atom stereocenters. The van der Waals surface area contributed by atoms with Crippen molar-refractivity contribution in [1.29, 1.82) is 0 Å². The molecule has 6 aliphatic carbocycles. The van der Waals surface area contributed by atoms with Crippen LogP contribution in [0.2, 0.25) is 10.0 Å². The van der Waals surface area contributed by atoms with Gasteiger partial charge in [0.1, 0.15) is 86.5 Å². The van der Waals surface area contributed by atoms with E-state index in [1.165, 1.54) is 84.5 Å². The molecule has 666 valence electrons. The molecule has 33 nitrogen and oxygen atoms in total. The summed E-state index contributed by atoms with van der Waals surface area (Å²) in [7, 11) is -0.0155. The topological polar surface area (TPSA) is 432 Å². The zero-order chi connectivity index (χ0) is 89.7. The third-order valence-electron chi connectivity index (χ3n) is 23.6. The number of hydrogen-bond donors (Lipinski definition) is 8. The number of anilines is 2. The number of likely N-dealkylation sites (tertiary alicyclic amines) is 2. The van der Waals surface area contributed by atoms with Crippen LogP contribution >= 0.6 is 61.8 Å². The predicted molar refractivity (Wildman–Crippen MR) is 469 cm³/mol. The van der Waals surface area contributed by atoms with Crippen LogP contribution in [0, 0.1) is 46.3 Å². The van der Waals surface area contributed by atoms with Crippen molar-refractivity contribution in [3.63, 3.8) is 0 Å². The van der Waals surface area contributed by atoms with E-state index in [1.54, 1.807) is 69.3 Å². The number of pyridine rings is 2. The van der Waals surface area contributed by atoms with Crippen molar-refractivity contribution in [3.05, 3.63) is 111 Å². The van der Waals surface area contributed by atoms with Gasteiger partial charge in [-0.3, -0.25) is 28.2 Å². The molecule has 2 saturated heterocycles. The van der Waals surface area contributed by atoms with Gasteiger partial charge >= 0.3 is 24.1 Å². The number of ether oxygens (including phenoxy) is 6. The van der Waals surface area contributed by atoms with E-state index in [0.29, 0.717) is 104 Å². The number of amides is 6. The van der Waals surface area contributed by atoms with Gasteiger partial charge in [0, 0.05) is 70.7 Å². The second-order valence-electron chi connectivity index (χ2n) is 35.5. The van der Waals surface area contributed by atoms with Crippen LogP contribution in [0.25, 0.3) is 43.2 Å². The Morgan fingerprint density at radius 3 is 1.58 bits per heavy atom. The van der Waals surface area contributed by atoms with Crippen molar-refractivity contribution in [1.82, 2.24) is 61.4 Å². The van der Waals surface area contributed by atoms with E-state index in [-0.39, 0.29) is 84.3 Å². The number of methoxy groups -OCH3 is 3. The van der Waals surface area contributed by atoms with E-state index in [2.05, 4.69) is 86.4 Å². The third kappa shape index (κ3) is 20.3. The highest BCUT2D eigenvalue weighted by molar-refractivity contribution is 9.10. The molecule has 6 amide bonds. The average Bonchev–Trinajstić information content (AvgIpc) is 1.58. The predicted octanol–water partition coefficient (Wildman–Crippen LogP) is 12.5. The summed E-state index contributed by atoms with van der Waals surface area (Å²) < 4.78 is 66.2. The summed E-state index contributed by atoms with van der Waals surface area (Å²) in [6.45, 7) is 25.9. The van der Waals surface area contributed by atoms with Crippen LogP contribution in [0.5, 0.6) is 17.2 Å². The third-order valence-corrected chi connectivity index (χ3v) is 28.0. The van der Waals surface area contributed by atoms with Gasteiger partial charge in [-0.15, -0.1) is 33.6 Å². The minimum atomic E-state index is -4.26. The first kappa shape index (κ1) is 91.9. The van der Waals surface area contributed by atoms with Crippen LogP contribution in [0.15, 0.2) is 100 Å². The Morgan fingerprint density at radius 2 is 1.10 bits per heavy atom. The van der Waals surface area contributed by atoms with Gasteiger partial charge < -0.3 is 80.2 Å². The van der Waals surface area contributed by atoms with E-state index in [1.807, 2.05) is 48.5 Å². The maximum absolute atomic E-state index is 14.6. The molecule has 0 bridgehead atoms. The van der Waals surface area contributed by atoms with Crippen LogP contribution < -0.4 is 51.5 Å². The molecule has 8 aliphatic rings.